The van der Waals surface area contributed by atoms with E-state index >= 15 is 0 Å². The number of hydrogen-bond donors (Lipinski definition) is 3. The Hall–Kier alpha value is -1.29. The molecule has 0 amide bonds. The summed E-state index contributed by atoms with van der Waals surface area (Å²) >= 11 is 0. The molecule has 0 atom stereocenters. The molecule has 0 aliphatic rings. The van der Waals surface area contributed by atoms with Gasteiger partial charge in [0.15, 0.2) is 0 Å². The van der Waals surface area contributed by atoms with Gasteiger partial charge in [0.2, 0.25) is 0 Å². The Balaban J connectivity index is 3.09. The van der Waals surface area contributed by atoms with Crippen LogP contribution < -0.4 is 17.2 Å². The number of nitrogen functional groups attached to an aromatic ring is 2. The van der Waals surface area contributed by atoms with E-state index in [0.29, 0.717) is 18.1 Å². The van der Waals surface area contributed by atoms with Crippen LogP contribution in [0.15, 0.2) is 12.3 Å². The first-order chi connectivity index (χ1) is 4.74. The van der Waals surface area contributed by atoms with Gasteiger partial charge in [0.1, 0.15) is 5.82 Å². The quantitative estimate of drug-likeness (QED) is 0.497. The Labute approximate surface area is 59.0 Å². The van der Waals surface area contributed by atoms with Crippen molar-refractivity contribution >= 4 is 11.5 Å². The highest BCUT2D eigenvalue weighted by atomic mass is 14.8. The molecule has 0 fully saturated rings. The smallest absolute Gasteiger partial charge is 0.123 e. The van der Waals surface area contributed by atoms with Crippen molar-refractivity contribution in [3.05, 3.63) is 17.8 Å². The Morgan fingerprint density at radius 3 is 2.60 bits per heavy atom. The first-order valence-corrected chi connectivity index (χ1v) is 2.94. The van der Waals surface area contributed by atoms with Crippen LogP contribution in [0.5, 0.6) is 0 Å². The maximum atomic E-state index is 5.50. The van der Waals surface area contributed by atoms with Crippen molar-refractivity contribution < 1.29 is 0 Å². The lowest BCUT2D eigenvalue weighted by Gasteiger charge is -2.01. The predicted molar refractivity (Wildman–Crippen MR) is 41.0 cm³/mol. The number of hydrogen-bond acceptors (Lipinski definition) is 4. The van der Waals surface area contributed by atoms with E-state index in [2.05, 4.69) is 4.98 Å². The normalized spacial score (nSPS) is 9.70. The Morgan fingerprint density at radius 1 is 1.40 bits per heavy atom. The van der Waals surface area contributed by atoms with Crippen molar-refractivity contribution in [1.29, 1.82) is 0 Å². The molecule has 6 N–H and O–H groups in total. The van der Waals surface area contributed by atoms with Crippen LogP contribution in [0.2, 0.25) is 0 Å². The zero-order valence-corrected chi connectivity index (χ0v) is 5.54. The van der Waals surface area contributed by atoms with Crippen molar-refractivity contribution in [2.75, 3.05) is 11.5 Å². The second-order valence-electron chi connectivity index (χ2n) is 2.01. The molecular weight excluding hydrogens is 128 g/mol. The number of nitrogens with two attached hydrogens (primary N) is 3. The van der Waals surface area contributed by atoms with Gasteiger partial charge in [-0.3, -0.25) is 0 Å². The van der Waals surface area contributed by atoms with E-state index < -0.39 is 0 Å². The average molecular weight is 138 g/mol. The van der Waals surface area contributed by atoms with Gasteiger partial charge in [-0.15, -0.1) is 0 Å². The maximum absolute atomic E-state index is 5.50. The molecule has 0 saturated heterocycles. The Bertz CT molecular complexity index is 233. The van der Waals surface area contributed by atoms with E-state index in [9.17, 15) is 0 Å². The summed E-state index contributed by atoms with van der Waals surface area (Å²) in [5.74, 6) is 0.453. The lowest BCUT2D eigenvalue weighted by atomic mass is 10.2. The van der Waals surface area contributed by atoms with Gasteiger partial charge in [0.25, 0.3) is 0 Å². The average Bonchev–Trinajstić information content (AvgIpc) is 1.94. The summed E-state index contributed by atoms with van der Waals surface area (Å²) in [6.07, 6.45) is 1.51. The van der Waals surface area contributed by atoms with Gasteiger partial charge in [-0.2, -0.15) is 0 Å². The minimum Gasteiger partial charge on any atom is -0.397 e. The minimum atomic E-state index is 0.401. The zero-order chi connectivity index (χ0) is 7.56. The number of pyridine rings is 1. The summed E-state index contributed by atoms with van der Waals surface area (Å²) in [4.78, 5) is 3.78. The molecule has 0 unspecified atom stereocenters. The molecule has 0 bridgehead atoms. The van der Waals surface area contributed by atoms with Crippen LogP contribution in [0.25, 0.3) is 0 Å². The molecule has 1 aromatic heterocycles. The van der Waals surface area contributed by atoms with Gasteiger partial charge >= 0.3 is 0 Å². The zero-order valence-electron chi connectivity index (χ0n) is 5.54. The SMILES string of the molecule is NCc1cc(N)ncc1N. The molecule has 0 spiro atoms. The predicted octanol–water partition coefficient (Wildman–Crippen LogP) is -0.295. The molecule has 0 aliphatic heterocycles. The molecule has 0 radical (unpaired) electrons. The van der Waals surface area contributed by atoms with Crippen LogP contribution >= 0.6 is 0 Å². The van der Waals surface area contributed by atoms with Crippen LogP contribution in [0, 0.1) is 0 Å². The summed E-state index contributed by atoms with van der Waals surface area (Å²) in [7, 11) is 0. The molecule has 0 aliphatic carbocycles. The fourth-order valence-corrected chi connectivity index (χ4v) is 0.703. The van der Waals surface area contributed by atoms with Crippen LogP contribution in [0.4, 0.5) is 11.5 Å². The lowest BCUT2D eigenvalue weighted by molar-refractivity contribution is 1.07. The molecule has 0 aromatic carbocycles. The number of aromatic nitrogens is 1. The van der Waals surface area contributed by atoms with Crippen LogP contribution in [-0.4, -0.2) is 4.98 Å². The largest absolute Gasteiger partial charge is 0.397 e. The fraction of sp³-hybridized carbons (Fsp3) is 0.167. The molecule has 0 saturated carbocycles. The monoisotopic (exact) mass is 138 g/mol. The molecule has 1 rings (SSSR count). The highest BCUT2D eigenvalue weighted by Crippen LogP contribution is 2.10. The fourth-order valence-electron chi connectivity index (χ4n) is 0.703. The highest BCUT2D eigenvalue weighted by molar-refractivity contribution is 5.49. The standard InChI is InChI=1S/C6H10N4/c7-2-4-1-6(9)10-3-5(4)8/h1,3H,2,7-8H2,(H2,9,10). The first-order valence-electron chi connectivity index (χ1n) is 2.94. The van der Waals surface area contributed by atoms with E-state index in [1.807, 2.05) is 0 Å². The van der Waals surface area contributed by atoms with Crippen molar-refractivity contribution in [2.24, 2.45) is 5.73 Å². The van der Waals surface area contributed by atoms with Gasteiger partial charge in [0, 0.05) is 6.54 Å². The van der Waals surface area contributed by atoms with Crippen molar-refractivity contribution in [3.63, 3.8) is 0 Å². The van der Waals surface area contributed by atoms with Crippen LogP contribution in [0.3, 0.4) is 0 Å². The van der Waals surface area contributed by atoms with E-state index in [-0.39, 0.29) is 0 Å². The third kappa shape index (κ3) is 1.16. The lowest BCUT2D eigenvalue weighted by Crippen LogP contribution is -2.03. The maximum Gasteiger partial charge on any atom is 0.123 e. The van der Waals surface area contributed by atoms with Crippen LogP contribution in [0.1, 0.15) is 5.56 Å². The van der Waals surface area contributed by atoms with Crippen molar-refractivity contribution in [2.45, 2.75) is 6.54 Å². The molecule has 10 heavy (non-hydrogen) atoms. The van der Waals surface area contributed by atoms with E-state index in [1.54, 1.807) is 6.07 Å². The van der Waals surface area contributed by atoms with E-state index in [1.165, 1.54) is 6.20 Å². The molecule has 1 heterocycles. The Kier molecular flexibility index (Phi) is 1.73. The van der Waals surface area contributed by atoms with E-state index in [0.717, 1.165) is 5.56 Å². The second kappa shape index (κ2) is 2.53. The van der Waals surface area contributed by atoms with Crippen LogP contribution in [-0.2, 0) is 6.54 Å². The Morgan fingerprint density at radius 2 is 2.10 bits per heavy atom. The van der Waals surface area contributed by atoms with Gasteiger partial charge in [-0.25, -0.2) is 4.98 Å². The van der Waals surface area contributed by atoms with Gasteiger partial charge < -0.3 is 17.2 Å². The third-order valence-corrected chi connectivity index (χ3v) is 1.27. The van der Waals surface area contributed by atoms with E-state index in [4.69, 9.17) is 17.2 Å². The topological polar surface area (TPSA) is 91.0 Å². The summed E-state index contributed by atoms with van der Waals surface area (Å²) < 4.78 is 0. The molecule has 54 valence electrons. The summed E-state index contributed by atoms with van der Waals surface area (Å²) in [6.45, 7) is 0.401. The summed E-state index contributed by atoms with van der Waals surface area (Å²) in [5.41, 5.74) is 17.7. The summed E-state index contributed by atoms with van der Waals surface area (Å²) in [5, 5.41) is 0. The second-order valence-corrected chi connectivity index (χ2v) is 2.01. The molecule has 4 heteroatoms. The minimum absolute atomic E-state index is 0.401. The number of nitrogens with zero attached hydrogens (tertiary/aromatic N) is 1. The van der Waals surface area contributed by atoms with Gasteiger partial charge in [0.05, 0.1) is 11.9 Å². The molecule has 4 nitrogen and oxygen atoms in total. The third-order valence-electron chi connectivity index (χ3n) is 1.27. The molecular formula is C6H10N4. The highest BCUT2D eigenvalue weighted by Gasteiger charge is 1.96. The molecule has 1 aromatic rings. The van der Waals surface area contributed by atoms with Gasteiger partial charge in [-0.1, -0.05) is 0 Å². The first kappa shape index (κ1) is 6.82. The number of rotatable bonds is 1. The summed E-state index contributed by atoms with van der Waals surface area (Å²) in [6, 6.07) is 1.68. The van der Waals surface area contributed by atoms with Crippen molar-refractivity contribution in [1.82, 2.24) is 4.98 Å². The van der Waals surface area contributed by atoms with Crippen molar-refractivity contribution in [3.8, 4) is 0 Å². The number of anilines is 2. The van der Waals surface area contributed by atoms with Gasteiger partial charge in [-0.05, 0) is 11.6 Å².